The Bertz CT molecular complexity index is 2110. The zero-order valence-corrected chi connectivity index (χ0v) is 61.8. The molecule has 99 heavy (non-hydrogen) atoms. The van der Waals surface area contributed by atoms with Crippen molar-refractivity contribution >= 4 is 25.7 Å². The van der Waals surface area contributed by atoms with Gasteiger partial charge in [0.15, 0.2) is 18.7 Å². The first-order valence-corrected chi connectivity index (χ1v) is 40.4. The Morgan fingerprint density at radius 3 is 1.20 bits per heavy atom. The fraction of sp³-hybridized carbons (Fsp3) is 0.932. The summed E-state index contributed by atoms with van der Waals surface area (Å²) in [6, 6.07) is 0. The lowest BCUT2D eigenvalue weighted by atomic mass is 9.84. The van der Waals surface area contributed by atoms with Crippen LogP contribution in [0.2, 0.25) is 0 Å². The van der Waals surface area contributed by atoms with Crippen LogP contribution in [0.1, 0.15) is 304 Å². The first-order chi connectivity index (χ1) is 47.7. The van der Waals surface area contributed by atoms with Gasteiger partial charge < -0.3 is 89.1 Å². The van der Waals surface area contributed by atoms with Crippen LogP contribution >= 0.6 is 7.82 Å². The molecule has 582 valence electrons. The maximum absolute atomic E-state index is 14.4. The van der Waals surface area contributed by atoms with E-state index < -0.39 is 156 Å². The molecule has 3 fully saturated rings. The van der Waals surface area contributed by atoms with Gasteiger partial charge in [-0.3, -0.25) is 23.4 Å². The number of allylic oxidation sites excluding steroid dienone is 2. The number of carbonyl (C=O) groups excluding carboxylic acids is 3. The van der Waals surface area contributed by atoms with Gasteiger partial charge in [0.05, 0.1) is 13.2 Å². The van der Waals surface area contributed by atoms with Gasteiger partial charge in [0, 0.05) is 19.3 Å². The van der Waals surface area contributed by atoms with Gasteiger partial charge in [0.25, 0.3) is 0 Å². The van der Waals surface area contributed by atoms with Crippen molar-refractivity contribution in [1.82, 2.24) is 0 Å². The molecule has 2 heterocycles. The quantitative estimate of drug-likeness (QED) is 0.00886. The second-order valence-electron chi connectivity index (χ2n) is 28.3. The predicted octanol–water partition coefficient (Wildman–Crippen LogP) is 11.0. The fourth-order valence-electron chi connectivity index (χ4n) is 13.0. The molecule has 24 nitrogen and oxygen atoms in total. The largest absolute Gasteiger partial charge is 0.472 e. The molecule has 0 aromatic heterocycles. The number of hydrogen-bond donors (Lipinski definition) is 11. The van der Waals surface area contributed by atoms with Crippen molar-refractivity contribution in [3.05, 3.63) is 12.2 Å². The summed E-state index contributed by atoms with van der Waals surface area (Å²) in [6.07, 6.45) is 12.7. The molecule has 1 aliphatic carbocycles. The van der Waals surface area contributed by atoms with E-state index in [1.165, 1.54) is 122 Å². The third-order valence-corrected chi connectivity index (χ3v) is 20.4. The van der Waals surface area contributed by atoms with Crippen molar-refractivity contribution in [2.24, 2.45) is 5.92 Å². The summed E-state index contributed by atoms with van der Waals surface area (Å²) < 4.78 is 65.1. The summed E-state index contributed by atoms with van der Waals surface area (Å²) >= 11 is 0. The SMILES string of the molecule is CCCCCC/C=C\CCCCCCCCCC(=O)OCC1OC(OC2C(O)C(O)C(O)C(OC3OC(CO)C(O)C(O)C3O)C2OP(=O)(O)OCC(COC(=O)CCCCCCCCCCCCCCC)OC(=O)CCCCCCCCC(C)CCCCCCCC)C(O)C(O)C1O. The lowest BCUT2D eigenvalue weighted by molar-refractivity contribution is -0.360. The topological polar surface area (TPSA) is 374 Å². The van der Waals surface area contributed by atoms with Crippen LogP contribution in [-0.4, -0.2) is 204 Å². The van der Waals surface area contributed by atoms with Gasteiger partial charge in [-0.05, 0) is 50.9 Å². The summed E-state index contributed by atoms with van der Waals surface area (Å²) in [7, 11) is -5.70. The molecule has 3 aliphatic rings. The van der Waals surface area contributed by atoms with E-state index in [-0.39, 0.29) is 19.3 Å². The van der Waals surface area contributed by atoms with Crippen LogP contribution < -0.4 is 0 Å². The number of phosphoric ester groups is 1. The van der Waals surface area contributed by atoms with E-state index in [0.29, 0.717) is 25.2 Å². The van der Waals surface area contributed by atoms with Gasteiger partial charge in [-0.15, -0.1) is 0 Å². The predicted molar refractivity (Wildman–Crippen MR) is 375 cm³/mol. The van der Waals surface area contributed by atoms with Crippen molar-refractivity contribution in [2.75, 3.05) is 26.4 Å². The fourth-order valence-corrected chi connectivity index (χ4v) is 14.0. The Labute approximate surface area is 592 Å². The Balaban J connectivity index is 1.73. The van der Waals surface area contributed by atoms with Crippen molar-refractivity contribution in [3.8, 4) is 0 Å². The van der Waals surface area contributed by atoms with E-state index in [2.05, 4.69) is 39.8 Å². The summed E-state index contributed by atoms with van der Waals surface area (Å²) in [5, 5.41) is 110. The highest BCUT2D eigenvalue weighted by Gasteiger charge is 2.58. The molecule has 0 aromatic rings. The summed E-state index contributed by atoms with van der Waals surface area (Å²) in [4.78, 5) is 51.1. The number of unbranched alkanes of at least 4 members (excludes halogenated alkanes) is 33. The third kappa shape index (κ3) is 38.5. The lowest BCUT2D eigenvalue weighted by Crippen LogP contribution is -2.69. The van der Waals surface area contributed by atoms with Crippen LogP contribution in [0.4, 0.5) is 0 Å². The minimum Gasteiger partial charge on any atom is -0.463 e. The van der Waals surface area contributed by atoms with Crippen molar-refractivity contribution < 1.29 is 117 Å². The monoisotopic (exact) mass is 1440 g/mol. The van der Waals surface area contributed by atoms with Crippen LogP contribution in [0.3, 0.4) is 0 Å². The number of phosphoric acid groups is 1. The van der Waals surface area contributed by atoms with Gasteiger partial charge >= 0.3 is 25.7 Å². The molecule has 11 N–H and O–H groups in total. The maximum Gasteiger partial charge on any atom is 0.472 e. The molecule has 0 amide bonds. The number of esters is 3. The number of hydrogen-bond acceptors (Lipinski definition) is 23. The molecule has 3 rings (SSSR count). The van der Waals surface area contributed by atoms with Crippen molar-refractivity contribution in [3.63, 3.8) is 0 Å². The molecule has 25 heteroatoms. The molecule has 0 bridgehead atoms. The van der Waals surface area contributed by atoms with E-state index in [4.69, 9.17) is 42.2 Å². The van der Waals surface area contributed by atoms with Crippen molar-refractivity contribution in [2.45, 2.75) is 408 Å². The average Bonchev–Trinajstić information content (AvgIpc) is 0.762. The van der Waals surface area contributed by atoms with E-state index in [1.807, 2.05) is 0 Å². The Morgan fingerprint density at radius 2 is 0.768 bits per heavy atom. The number of rotatable bonds is 60. The number of aliphatic hydroxyl groups excluding tert-OH is 10. The van der Waals surface area contributed by atoms with Crippen LogP contribution in [0, 0.1) is 5.92 Å². The summed E-state index contributed by atoms with van der Waals surface area (Å²) in [6.45, 7) is 5.77. The Morgan fingerprint density at radius 1 is 0.414 bits per heavy atom. The summed E-state index contributed by atoms with van der Waals surface area (Å²) in [5.41, 5.74) is 0. The van der Waals surface area contributed by atoms with Gasteiger partial charge in [-0.2, -0.15) is 0 Å². The van der Waals surface area contributed by atoms with Crippen LogP contribution in [0.25, 0.3) is 0 Å². The summed E-state index contributed by atoms with van der Waals surface area (Å²) in [5.74, 6) is -1.30. The van der Waals surface area contributed by atoms with Crippen LogP contribution in [-0.2, 0) is 61.2 Å². The number of ether oxygens (including phenoxy) is 7. The third-order valence-electron chi connectivity index (χ3n) is 19.4. The van der Waals surface area contributed by atoms with Gasteiger partial charge in [-0.25, -0.2) is 4.57 Å². The molecule has 1 saturated carbocycles. The first kappa shape index (κ1) is 90.9. The minimum absolute atomic E-state index is 0.0244. The van der Waals surface area contributed by atoms with Crippen LogP contribution in [0.15, 0.2) is 12.2 Å². The van der Waals surface area contributed by atoms with Gasteiger partial charge in [0.2, 0.25) is 0 Å². The smallest absolute Gasteiger partial charge is 0.463 e. The molecular weight excluding hydrogens is 1300 g/mol. The molecule has 2 saturated heterocycles. The first-order valence-electron chi connectivity index (χ1n) is 38.9. The van der Waals surface area contributed by atoms with Gasteiger partial charge in [-0.1, -0.05) is 252 Å². The molecule has 19 unspecified atom stereocenters. The zero-order valence-electron chi connectivity index (χ0n) is 61.0. The molecule has 19 atom stereocenters. The lowest BCUT2D eigenvalue weighted by Gasteiger charge is -2.49. The average molecular weight is 1440 g/mol. The van der Waals surface area contributed by atoms with Crippen molar-refractivity contribution in [1.29, 1.82) is 0 Å². The standard InChI is InChI=1S/C74H137O24P/c1-5-8-11-14-17-19-21-23-24-26-28-30-32-38-43-48-59(77)91-53-57-62(80)64(82)69(87)74(95-57)97-71-67(85)65(83)66(84)70(96-73-68(86)63(81)61(79)56(50-75)94-73)72(71)98-99(88,89)92-52-55(51-90-58(76)47-42-37-31-29-27-25-22-20-18-15-12-9-6-2)93-60(78)49-44-39-34-33-36-41-46-54(4)45-40-35-16-13-10-7-3/h19,21,54-57,61-75,79-87H,5-18,20,22-53H2,1-4H3,(H,88,89)/b21-19-. The van der Waals surface area contributed by atoms with E-state index in [1.54, 1.807) is 0 Å². The maximum atomic E-state index is 14.4. The van der Waals surface area contributed by atoms with E-state index >= 15 is 0 Å². The highest BCUT2D eigenvalue weighted by molar-refractivity contribution is 7.47. The Hall–Kier alpha value is -2.30. The number of aliphatic hydroxyl groups is 10. The molecule has 0 spiro atoms. The Kier molecular flexibility index (Phi) is 50.7. The zero-order chi connectivity index (χ0) is 72.6. The van der Waals surface area contributed by atoms with E-state index in [9.17, 15) is 74.9 Å². The number of carbonyl (C=O) groups is 3. The molecule has 2 aliphatic heterocycles. The molecule has 0 aromatic carbocycles. The molecule has 0 radical (unpaired) electrons. The minimum atomic E-state index is -5.70. The van der Waals surface area contributed by atoms with E-state index in [0.717, 1.165) is 116 Å². The second-order valence-corrected chi connectivity index (χ2v) is 29.8. The highest BCUT2D eigenvalue weighted by Crippen LogP contribution is 2.49. The second kappa shape index (κ2) is 55.2. The highest BCUT2D eigenvalue weighted by atomic mass is 31.2. The normalized spacial score (nSPS) is 27.8. The molecular formula is C74H137O24P. The van der Waals surface area contributed by atoms with Gasteiger partial charge in [0.1, 0.15) is 98.7 Å². The van der Waals surface area contributed by atoms with Crippen LogP contribution in [0.5, 0.6) is 0 Å².